The maximum Gasteiger partial charge on any atom is 0.240 e. The molecule has 6 nitrogen and oxygen atoms in total. The Kier molecular flexibility index (Phi) is 6.45. The monoisotopic (exact) mass is 336 g/mol. The van der Waals surface area contributed by atoms with E-state index >= 15 is 0 Å². The molecule has 0 radical (unpaired) electrons. The maximum absolute atomic E-state index is 12.7. The zero-order valence-corrected chi connectivity index (χ0v) is 15.2. The number of rotatable bonds is 6. The van der Waals surface area contributed by atoms with Crippen LogP contribution in [0.15, 0.2) is 12.1 Å². The van der Waals surface area contributed by atoms with Gasteiger partial charge in [0, 0.05) is 6.54 Å². The van der Waals surface area contributed by atoms with E-state index < -0.39 is 0 Å². The number of carbonyl (C=O) groups is 1. The molecule has 2 unspecified atom stereocenters. The molecule has 1 aliphatic heterocycles. The Labute approximate surface area is 144 Å². The Hall–Kier alpha value is -1.79. The molecule has 1 saturated heterocycles. The molecule has 1 fully saturated rings. The van der Waals surface area contributed by atoms with Gasteiger partial charge in [0.2, 0.25) is 5.91 Å². The molecule has 6 heteroatoms. The summed E-state index contributed by atoms with van der Waals surface area (Å²) in [5.74, 6) is 1.35. The molecule has 1 aromatic carbocycles. The van der Waals surface area contributed by atoms with Crippen molar-refractivity contribution in [2.75, 3.05) is 40.5 Å². The predicted octanol–water partition coefficient (Wildman–Crippen LogP) is 1.91. The van der Waals surface area contributed by atoms with Crippen LogP contribution in [0.1, 0.15) is 31.0 Å². The van der Waals surface area contributed by atoms with Crippen LogP contribution in [0.3, 0.4) is 0 Å². The van der Waals surface area contributed by atoms with Crippen LogP contribution in [0.4, 0.5) is 0 Å². The van der Waals surface area contributed by atoms with Gasteiger partial charge in [-0.3, -0.25) is 9.69 Å². The highest BCUT2D eigenvalue weighted by atomic mass is 16.5. The van der Waals surface area contributed by atoms with Gasteiger partial charge in [0.15, 0.2) is 11.5 Å². The van der Waals surface area contributed by atoms with Crippen LogP contribution in [0.25, 0.3) is 0 Å². The summed E-state index contributed by atoms with van der Waals surface area (Å²) < 4.78 is 16.2. The first-order valence-electron chi connectivity index (χ1n) is 8.36. The first-order chi connectivity index (χ1) is 11.5. The number of likely N-dealkylation sites (N-methyl/N-ethyl adjacent to an activating group) is 1. The minimum atomic E-state index is -0.230. The summed E-state index contributed by atoms with van der Waals surface area (Å²) in [5.41, 5.74) is 2.06. The zero-order valence-electron chi connectivity index (χ0n) is 15.2. The van der Waals surface area contributed by atoms with E-state index in [1.54, 1.807) is 14.2 Å². The van der Waals surface area contributed by atoms with E-state index in [1.807, 2.05) is 26.0 Å². The van der Waals surface area contributed by atoms with Crippen molar-refractivity contribution in [1.82, 2.24) is 10.2 Å². The Balaban J connectivity index is 2.14. The van der Waals surface area contributed by atoms with E-state index in [4.69, 9.17) is 14.2 Å². The van der Waals surface area contributed by atoms with Gasteiger partial charge in [0.25, 0.3) is 0 Å². The Morgan fingerprint density at radius 2 is 2.04 bits per heavy atom. The molecule has 24 heavy (non-hydrogen) atoms. The number of hydrogen-bond acceptors (Lipinski definition) is 5. The first-order valence-corrected chi connectivity index (χ1v) is 8.36. The number of nitrogens with zero attached hydrogens (tertiary/aromatic N) is 1. The van der Waals surface area contributed by atoms with Crippen molar-refractivity contribution in [1.29, 1.82) is 0 Å². The highest BCUT2D eigenvalue weighted by Crippen LogP contribution is 2.32. The molecule has 134 valence electrons. The molecule has 0 aliphatic carbocycles. The SMILES string of the molecule is CCN1CCOCC1C(=O)NC(C)c1cc(OC)c(OC)cc1C. The van der Waals surface area contributed by atoms with E-state index in [2.05, 4.69) is 17.1 Å². The van der Waals surface area contributed by atoms with Crippen molar-refractivity contribution in [3.8, 4) is 11.5 Å². The molecular formula is C18H28N2O4. The van der Waals surface area contributed by atoms with Gasteiger partial charge < -0.3 is 19.5 Å². The van der Waals surface area contributed by atoms with Crippen molar-refractivity contribution in [3.63, 3.8) is 0 Å². The van der Waals surface area contributed by atoms with Crippen LogP contribution in [0.5, 0.6) is 11.5 Å². The Morgan fingerprint density at radius 1 is 1.38 bits per heavy atom. The van der Waals surface area contributed by atoms with Gasteiger partial charge in [0.1, 0.15) is 6.04 Å². The molecule has 1 aliphatic rings. The van der Waals surface area contributed by atoms with Gasteiger partial charge in [-0.05, 0) is 43.7 Å². The molecule has 1 amide bonds. The van der Waals surface area contributed by atoms with Crippen molar-refractivity contribution < 1.29 is 19.0 Å². The van der Waals surface area contributed by atoms with Gasteiger partial charge in [-0.25, -0.2) is 0 Å². The van der Waals surface area contributed by atoms with Crippen LogP contribution in [0, 0.1) is 6.92 Å². The van der Waals surface area contributed by atoms with Crippen molar-refractivity contribution in [3.05, 3.63) is 23.3 Å². The number of benzene rings is 1. The summed E-state index contributed by atoms with van der Waals surface area (Å²) in [5, 5.41) is 3.10. The third-order valence-corrected chi connectivity index (χ3v) is 4.55. The topological polar surface area (TPSA) is 60.0 Å². The molecular weight excluding hydrogens is 308 g/mol. The smallest absolute Gasteiger partial charge is 0.240 e. The van der Waals surface area contributed by atoms with Gasteiger partial charge in [-0.2, -0.15) is 0 Å². The predicted molar refractivity (Wildman–Crippen MR) is 92.7 cm³/mol. The average Bonchev–Trinajstić information content (AvgIpc) is 2.60. The standard InChI is InChI=1S/C18H28N2O4/c1-6-20-7-8-24-11-15(20)18(21)19-13(3)14-10-17(23-5)16(22-4)9-12(14)2/h9-10,13,15H,6-8,11H2,1-5H3,(H,19,21). The Bertz CT molecular complexity index is 576. The quantitative estimate of drug-likeness (QED) is 0.860. The molecule has 2 atom stereocenters. The van der Waals surface area contributed by atoms with Crippen molar-refractivity contribution in [2.24, 2.45) is 0 Å². The molecule has 0 saturated carbocycles. The normalized spacial score (nSPS) is 19.6. The Morgan fingerprint density at radius 3 is 2.67 bits per heavy atom. The van der Waals surface area contributed by atoms with E-state index in [0.29, 0.717) is 24.7 Å². The first kappa shape index (κ1) is 18.5. The van der Waals surface area contributed by atoms with E-state index in [-0.39, 0.29) is 18.0 Å². The summed E-state index contributed by atoms with van der Waals surface area (Å²) in [6.07, 6.45) is 0. The van der Waals surface area contributed by atoms with E-state index in [0.717, 1.165) is 24.2 Å². The molecule has 0 aromatic heterocycles. The number of methoxy groups -OCH3 is 2. The molecule has 0 spiro atoms. The maximum atomic E-state index is 12.7. The van der Waals surface area contributed by atoms with Crippen LogP contribution in [0.2, 0.25) is 0 Å². The lowest BCUT2D eigenvalue weighted by molar-refractivity contribution is -0.133. The summed E-state index contributed by atoms with van der Waals surface area (Å²) in [6, 6.07) is 3.50. The van der Waals surface area contributed by atoms with Crippen LogP contribution in [-0.4, -0.2) is 57.4 Å². The fourth-order valence-electron chi connectivity index (χ4n) is 3.11. The lowest BCUT2D eigenvalue weighted by Gasteiger charge is -2.34. The van der Waals surface area contributed by atoms with Crippen LogP contribution in [-0.2, 0) is 9.53 Å². The number of nitrogens with one attached hydrogen (secondary N) is 1. The summed E-state index contributed by atoms with van der Waals surface area (Å²) >= 11 is 0. The second kappa shape index (κ2) is 8.35. The van der Waals surface area contributed by atoms with E-state index in [9.17, 15) is 4.79 Å². The highest BCUT2D eigenvalue weighted by Gasteiger charge is 2.29. The number of ether oxygens (including phenoxy) is 3. The van der Waals surface area contributed by atoms with Gasteiger partial charge in [-0.1, -0.05) is 6.92 Å². The number of hydrogen-bond donors (Lipinski definition) is 1. The third-order valence-electron chi connectivity index (χ3n) is 4.55. The van der Waals surface area contributed by atoms with Crippen molar-refractivity contribution in [2.45, 2.75) is 32.9 Å². The lowest BCUT2D eigenvalue weighted by Crippen LogP contribution is -2.53. The molecule has 1 N–H and O–H groups in total. The average molecular weight is 336 g/mol. The fourth-order valence-corrected chi connectivity index (χ4v) is 3.11. The largest absolute Gasteiger partial charge is 0.493 e. The zero-order chi connectivity index (χ0) is 17.7. The van der Waals surface area contributed by atoms with Gasteiger partial charge in [0.05, 0.1) is 33.5 Å². The van der Waals surface area contributed by atoms with Crippen molar-refractivity contribution >= 4 is 5.91 Å². The van der Waals surface area contributed by atoms with E-state index in [1.165, 1.54) is 0 Å². The summed E-state index contributed by atoms with van der Waals surface area (Å²) in [6.45, 7) is 8.80. The number of morpholine rings is 1. The molecule has 1 heterocycles. The molecule has 0 bridgehead atoms. The third kappa shape index (κ3) is 3.99. The number of carbonyl (C=O) groups excluding carboxylic acids is 1. The van der Waals surface area contributed by atoms with Gasteiger partial charge >= 0.3 is 0 Å². The van der Waals surface area contributed by atoms with Gasteiger partial charge in [-0.15, -0.1) is 0 Å². The minimum absolute atomic E-state index is 0.00163. The van der Waals surface area contributed by atoms with Crippen LogP contribution >= 0.6 is 0 Å². The fraction of sp³-hybridized carbons (Fsp3) is 0.611. The second-order valence-electron chi connectivity index (χ2n) is 6.01. The summed E-state index contributed by atoms with van der Waals surface area (Å²) in [7, 11) is 3.23. The molecule has 2 rings (SSSR count). The highest BCUT2D eigenvalue weighted by molar-refractivity contribution is 5.82. The number of amides is 1. The van der Waals surface area contributed by atoms with Crippen LogP contribution < -0.4 is 14.8 Å². The minimum Gasteiger partial charge on any atom is -0.493 e. The lowest BCUT2D eigenvalue weighted by atomic mass is 10.0. The number of aryl methyl sites for hydroxylation is 1. The summed E-state index contributed by atoms with van der Waals surface area (Å²) in [4.78, 5) is 14.8. The second-order valence-corrected chi connectivity index (χ2v) is 6.01. The molecule has 1 aromatic rings.